The first-order valence-corrected chi connectivity index (χ1v) is 1.43. The van der Waals surface area contributed by atoms with Gasteiger partial charge in [0.2, 0.25) is 0 Å². The molecule has 8 heavy (non-hydrogen) atoms. The summed E-state index contributed by atoms with van der Waals surface area (Å²) in [5, 5.41) is 15.4. The van der Waals surface area contributed by atoms with Gasteiger partial charge >= 0.3 is 11.2 Å². The first kappa shape index (κ1) is 6.63. The molecule has 7 nitrogen and oxygen atoms in total. The van der Waals surface area contributed by atoms with Gasteiger partial charge in [-0.3, -0.25) is 5.21 Å². The molecule has 1 amide bonds. The minimum absolute atomic E-state index is 0.893. The number of carbonyl (C=O) groups is 1. The number of hydrogen-bond acceptors (Lipinski definition) is 5. The number of carbonyl (C=O) groups excluding carboxylic acids is 1. The van der Waals surface area contributed by atoms with Gasteiger partial charge in [-0.05, 0) is 0 Å². The minimum Gasteiger partial charge on any atom is -0.287 e. The van der Waals surface area contributed by atoms with Crippen LogP contribution in [0.4, 0.5) is 4.79 Å². The fourth-order valence-electron chi connectivity index (χ4n) is 0.0881. The summed E-state index contributed by atoms with van der Waals surface area (Å²) in [4.78, 5) is 21.9. The van der Waals surface area contributed by atoms with Gasteiger partial charge in [0.05, 0.1) is 0 Å². The molecule has 0 spiro atoms. The van der Waals surface area contributed by atoms with Crippen molar-refractivity contribution in [2.45, 2.75) is 0 Å². The average molecular weight is 122 g/mol. The van der Waals surface area contributed by atoms with Crippen LogP contribution in [0.15, 0.2) is 0 Å². The molecule has 0 aromatic heterocycles. The molecule has 0 aliphatic rings. The van der Waals surface area contributed by atoms with Gasteiger partial charge in [-0.25, -0.2) is 15.1 Å². The predicted octanol–water partition coefficient (Wildman–Crippen LogP) is -0.706. The van der Waals surface area contributed by atoms with Crippen LogP contribution < -0.4 is 5.48 Å². The second-order valence-corrected chi connectivity index (χ2v) is 0.714. The Hall–Kier alpha value is -1.37. The normalized spacial score (nSPS) is 7.62. The Morgan fingerprint density at radius 1 is 1.88 bits per heavy atom. The largest absolute Gasteiger partial charge is 0.419 e. The highest BCUT2D eigenvalue weighted by Gasteiger charge is 2.02. The summed E-state index contributed by atoms with van der Waals surface area (Å²) in [6.07, 6.45) is -1.52. The predicted molar refractivity (Wildman–Crippen MR) is 18.4 cm³/mol. The summed E-state index contributed by atoms with van der Waals surface area (Å²) in [6, 6.07) is 0. The Labute approximate surface area is 42.9 Å². The molecule has 7 heteroatoms. The maximum Gasteiger partial charge on any atom is 0.419 e. The van der Waals surface area contributed by atoms with Crippen LogP contribution in [-0.4, -0.2) is 16.4 Å². The van der Waals surface area contributed by atoms with Crippen LogP contribution in [0.5, 0.6) is 0 Å². The zero-order valence-corrected chi connectivity index (χ0v) is 3.53. The summed E-state index contributed by atoms with van der Waals surface area (Å²) in [6.45, 7) is 0. The highest BCUT2D eigenvalue weighted by molar-refractivity contribution is 5.64. The van der Waals surface area contributed by atoms with Gasteiger partial charge in [0.15, 0.2) is 0 Å². The lowest BCUT2D eigenvalue weighted by Gasteiger charge is -1.89. The Balaban J connectivity index is 3.40. The number of nitrogens with zero attached hydrogens (tertiary/aromatic N) is 1. The highest BCUT2D eigenvalue weighted by atomic mass is 17.0. The van der Waals surface area contributed by atoms with Crippen molar-refractivity contribution in [3.63, 3.8) is 0 Å². The van der Waals surface area contributed by atoms with Gasteiger partial charge in [0.1, 0.15) is 0 Å². The monoisotopic (exact) mass is 122 g/mol. The zero-order valence-electron chi connectivity index (χ0n) is 3.53. The summed E-state index contributed by atoms with van der Waals surface area (Å²) >= 11 is 0. The fourth-order valence-corrected chi connectivity index (χ4v) is 0.0881. The molecule has 2 N–H and O–H groups in total. The first-order chi connectivity index (χ1) is 3.66. The number of hydrogen-bond donors (Lipinski definition) is 2. The molecule has 0 radical (unpaired) electrons. The Morgan fingerprint density at radius 3 is 2.50 bits per heavy atom. The van der Waals surface area contributed by atoms with E-state index in [4.69, 9.17) is 5.21 Å². The maximum absolute atomic E-state index is 9.60. The Kier molecular flexibility index (Phi) is 2.28. The van der Waals surface area contributed by atoms with E-state index < -0.39 is 11.2 Å². The highest BCUT2D eigenvalue weighted by Crippen LogP contribution is 1.72. The van der Waals surface area contributed by atoms with E-state index >= 15 is 0 Å². The lowest BCUT2D eigenvalue weighted by atomic mass is 11.3. The smallest absolute Gasteiger partial charge is 0.287 e. The summed E-state index contributed by atoms with van der Waals surface area (Å²) in [5.74, 6) is 0. The van der Waals surface area contributed by atoms with Gasteiger partial charge in [0.25, 0.3) is 0 Å². The zero-order chi connectivity index (χ0) is 6.57. The average Bonchev–Trinajstić information content (AvgIpc) is 1.65. The molecule has 0 saturated heterocycles. The van der Waals surface area contributed by atoms with E-state index in [2.05, 4.69) is 4.84 Å². The van der Waals surface area contributed by atoms with Crippen molar-refractivity contribution in [2.24, 2.45) is 0 Å². The van der Waals surface area contributed by atoms with E-state index in [-0.39, 0.29) is 0 Å². The maximum atomic E-state index is 9.60. The van der Waals surface area contributed by atoms with Gasteiger partial charge in [0, 0.05) is 0 Å². The lowest BCUT2D eigenvalue weighted by Crippen LogP contribution is -2.22. The van der Waals surface area contributed by atoms with Gasteiger partial charge in [-0.1, -0.05) is 0 Å². The first-order valence-electron chi connectivity index (χ1n) is 1.43. The second kappa shape index (κ2) is 2.75. The van der Waals surface area contributed by atoms with Crippen molar-refractivity contribution >= 4 is 6.09 Å². The quantitative estimate of drug-likeness (QED) is 0.272. The molecule has 0 aliphatic carbocycles. The van der Waals surface area contributed by atoms with Crippen LogP contribution in [0, 0.1) is 10.1 Å². The molecule has 0 aromatic rings. The molecule has 0 rings (SSSR count). The van der Waals surface area contributed by atoms with E-state index in [9.17, 15) is 14.9 Å². The van der Waals surface area contributed by atoms with Crippen molar-refractivity contribution in [2.75, 3.05) is 0 Å². The van der Waals surface area contributed by atoms with Crippen LogP contribution in [-0.2, 0) is 4.84 Å². The SMILES string of the molecule is O=C(NO)O[N+](=O)[O-]. The summed E-state index contributed by atoms with van der Waals surface area (Å²) < 4.78 is 0. The molecule has 0 heterocycles. The molecule has 0 aliphatic heterocycles. The van der Waals surface area contributed by atoms with E-state index in [0.717, 1.165) is 5.48 Å². The molecule has 0 bridgehead atoms. The number of nitrogens with one attached hydrogen (secondary N) is 1. The van der Waals surface area contributed by atoms with Crippen molar-refractivity contribution in [1.29, 1.82) is 0 Å². The third-order valence-corrected chi connectivity index (χ3v) is 0.249. The van der Waals surface area contributed by atoms with Crippen LogP contribution >= 0.6 is 0 Å². The lowest BCUT2D eigenvalue weighted by molar-refractivity contribution is -0.728. The third-order valence-electron chi connectivity index (χ3n) is 0.249. The molecule has 0 unspecified atom stereocenters. The molecule has 0 fully saturated rings. The fraction of sp³-hybridized carbons (Fsp3) is 0. The number of rotatable bonds is 1. The van der Waals surface area contributed by atoms with Crippen molar-refractivity contribution in [3.8, 4) is 0 Å². The Morgan fingerprint density at radius 2 is 2.38 bits per heavy atom. The second-order valence-electron chi connectivity index (χ2n) is 0.714. The standard InChI is InChI=1S/CH2N2O5/c4-1(2-5)8-3(6)7/h5H,(H,2,4). The van der Waals surface area contributed by atoms with Crippen molar-refractivity contribution < 1.29 is 19.9 Å². The molecular weight excluding hydrogens is 120 g/mol. The van der Waals surface area contributed by atoms with Gasteiger partial charge < -0.3 is 0 Å². The van der Waals surface area contributed by atoms with Crippen LogP contribution in [0.1, 0.15) is 0 Å². The van der Waals surface area contributed by atoms with Gasteiger partial charge in [-0.15, -0.1) is 10.1 Å². The summed E-state index contributed by atoms with van der Waals surface area (Å²) in [5.41, 5.74) is 0.893. The van der Waals surface area contributed by atoms with Crippen molar-refractivity contribution in [1.82, 2.24) is 5.48 Å². The summed E-state index contributed by atoms with van der Waals surface area (Å²) in [7, 11) is 0. The van der Waals surface area contributed by atoms with E-state index in [0.29, 0.717) is 0 Å². The van der Waals surface area contributed by atoms with Crippen LogP contribution in [0.3, 0.4) is 0 Å². The molecule has 0 aromatic carbocycles. The number of amides is 1. The number of hydroxylamine groups is 1. The molecule has 46 valence electrons. The molecular formula is CH2N2O5. The van der Waals surface area contributed by atoms with Crippen molar-refractivity contribution in [3.05, 3.63) is 10.1 Å². The topological polar surface area (TPSA) is 102 Å². The minimum atomic E-state index is -1.52. The van der Waals surface area contributed by atoms with Crippen LogP contribution in [0.25, 0.3) is 0 Å². The molecule has 0 atom stereocenters. The third kappa shape index (κ3) is 2.85. The molecule has 0 saturated carbocycles. The van der Waals surface area contributed by atoms with E-state index in [1.165, 1.54) is 0 Å². The van der Waals surface area contributed by atoms with E-state index in [1.807, 2.05) is 0 Å². The van der Waals surface area contributed by atoms with Gasteiger partial charge in [-0.2, -0.15) is 0 Å². The van der Waals surface area contributed by atoms with Crippen LogP contribution in [0.2, 0.25) is 0 Å². The Bertz CT molecular complexity index is 109. The van der Waals surface area contributed by atoms with E-state index in [1.54, 1.807) is 0 Å².